The summed E-state index contributed by atoms with van der Waals surface area (Å²) < 4.78 is 18.0. The van der Waals surface area contributed by atoms with Crippen LogP contribution in [0.15, 0.2) is 83.4 Å². The summed E-state index contributed by atoms with van der Waals surface area (Å²) in [6, 6.07) is 21.9. The fourth-order valence-corrected chi connectivity index (χ4v) is 4.54. The first kappa shape index (κ1) is 29.7. The monoisotopic (exact) mass is 556 g/mol. The minimum atomic E-state index is -1.05. The van der Waals surface area contributed by atoms with Crippen LogP contribution < -0.4 is 5.32 Å². The van der Waals surface area contributed by atoms with Crippen molar-refractivity contribution in [3.63, 3.8) is 0 Å². The number of carbonyl (C=O) groups excluding carboxylic acids is 1. The van der Waals surface area contributed by atoms with E-state index in [1.807, 2.05) is 87.5 Å². The van der Waals surface area contributed by atoms with E-state index in [0.717, 1.165) is 22.3 Å². The molecule has 4 aromatic rings. The molecular weight excluding hydrogens is 520 g/mol. The van der Waals surface area contributed by atoms with Gasteiger partial charge in [0.25, 0.3) is 5.91 Å². The molecule has 1 amide bonds. The molecule has 0 radical (unpaired) electrons. The number of amides is 1. The Hall–Kier alpha value is -4.27. The minimum absolute atomic E-state index is 0.230. The van der Waals surface area contributed by atoms with Crippen molar-refractivity contribution in [3.05, 3.63) is 101 Å². The van der Waals surface area contributed by atoms with E-state index in [9.17, 15) is 14.7 Å². The average Bonchev–Trinajstić information content (AvgIpc) is 3.48. The molecule has 4 rings (SSSR count). The van der Waals surface area contributed by atoms with Gasteiger partial charge >= 0.3 is 5.97 Å². The van der Waals surface area contributed by atoms with E-state index >= 15 is 0 Å². The highest BCUT2D eigenvalue weighted by molar-refractivity contribution is 6.02. The summed E-state index contributed by atoms with van der Waals surface area (Å²) in [5, 5.41) is 12.3. The molecule has 3 aromatic carbocycles. The van der Waals surface area contributed by atoms with E-state index < -0.39 is 24.0 Å². The third-order valence-corrected chi connectivity index (χ3v) is 6.73. The van der Waals surface area contributed by atoms with Gasteiger partial charge in [0.1, 0.15) is 12.1 Å². The quantitative estimate of drug-likeness (QED) is 0.180. The van der Waals surface area contributed by atoms with Crippen molar-refractivity contribution in [1.29, 1.82) is 0 Å². The maximum Gasteiger partial charge on any atom is 0.326 e. The molecule has 0 aliphatic rings. The molecule has 8 nitrogen and oxygen atoms in total. The number of nitrogens with zero attached hydrogens (tertiary/aromatic N) is 1. The molecular formula is C33H36N2O6. The summed E-state index contributed by atoms with van der Waals surface area (Å²) in [6.45, 7) is 6.82. The van der Waals surface area contributed by atoms with Crippen LogP contribution in [0.4, 0.5) is 0 Å². The van der Waals surface area contributed by atoms with Crippen molar-refractivity contribution >= 4 is 11.9 Å². The summed E-state index contributed by atoms with van der Waals surface area (Å²) in [5.41, 5.74) is 4.69. The molecule has 8 heteroatoms. The fourth-order valence-electron chi connectivity index (χ4n) is 4.54. The highest BCUT2D eigenvalue weighted by atomic mass is 16.5. The zero-order valence-electron chi connectivity index (χ0n) is 23.6. The molecule has 1 aromatic heterocycles. The molecule has 0 spiro atoms. The average molecular weight is 557 g/mol. The van der Waals surface area contributed by atoms with Crippen molar-refractivity contribution in [1.82, 2.24) is 10.3 Å². The van der Waals surface area contributed by atoms with Crippen molar-refractivity contribution in [2.24, 2.45) is 0 Å². The van der Waals surface area contributed by atoms with Crippen LogP contribution in [0.3, 0.4) is 0 Å². The number of oxazole rings is 1. The minimum Gasteiger partial charge on any atom is -0.480 e. The Morgan fingerprint density at radius 2 is 1.76 bits per heavy atom. The van der Waals surface area contributed by atoms with Crippen LogP contribution in [-0.2, 0) is 20.9 Å². The number of benzene rings is 3. The number of carboxylic acid groups (broad SMARTS) is 1. The number of aryl methyl sites for hydroxylation is 1. The van der Waals surface area contributed by atoms with Gasteiger partial charge in [-0.1, -0.05) is 61.9 Å². The van der Waals surface area contributed by atoms with Gasteiger partial charge in [0.2, 0.25) is 5.89 Å². The molecule has 0 unspecified atom stereocenters. The van der Waals surface area contributed by atoms with Gasteiger partial charge in [0.15, 0.2) is 5.76 Å². The van der Waals surface area contributed by atoms with Gasteiger partial charge in [0, 0.05) is 17.7 Å². The van der Waals surface area contributed by atoms with Gasteiger partial charge in [-0.2, -0.15) is 0 Å². The van der Waals surface area contributed by atoms with E-state index in [4.69, 9.17) is 13.9 Å². The number of hydrogen-bond acceptors (Lipinski definition) is 6. The lowest BCUT2D eigenvalue weighted by Gasteiger charge is -2.19. The lowest BCUT2D eigenvalue weighted by Crippen LogP contribution is -2.40. The summed E-state index contributed by atoms with van der Waals surface area (Å²) in [4.78, 5) is 29.4. The molecule has 0 fully saturated rings. The van der Waals surface area contributed by atoms with E-state index in [1.54, 1.807) is 12.3 Å². The fraction of sp³-hybridized carbons (Fsp3) is 0.303. The van der Waals surface area contributed by atoms with Crippen molar-refractivity contribution in [3.8, 4) is 22.6 Å². The Balaban J connectivity index is 1.60. The normalized spacial score (nSPS) is 12.6. The Kier molecular flexibility index (Phi) is 10.4. The topological polar surface area (TPSA) is 111 Å². The van der Waals surface area contributed by atoms with Crippen LogP contribution in [0.25, 0.3) is 22.6 Å². The molecule has 0 aliphatic heterocycles. The van der Waals surface area contributed by atoms with Gasteiger partial charge in [-0.3, -0.25) is 4.79 Å². The second-order valence-corrected chi connectivity index (χ2v) is 9.74. The smallest absolute Gasteiger partial charge is 0.326 e. The maximum absolute atomic E-state index is 13.3. The Morgan fingerprint density at radius 1 is 1.00 bits per heavy atom. The van der Waals surface area contributed by atoms with Gasteiger partial charge in [-0.25, -0.2) is 9.78 Å². The van der Waals surface area contributed by atoms with Crippen LogP contribution in [0, 0.1) is 6.92 Å². The van der Waals surface area contributed by atoms with E-state index in [1.165, 1.54) is 0 Å². The highest BCUT2D eigenvalue weighted by Gasteiger charge is 2.23. The summed E-state index contributed by atoms with van der Waals surface area (Å²) in [7, 11) is 0. The Bertz CT molecular complexity index is 1450. The molecule has 0 saturated carbocycles. The summed E-state index contributed by atoms with van der Waals surface area (Å²) >= 11 is 0. The third kappa shape index (κ3) is 7.68. The lowest BCUT2D eigenvalue weighted by molar-refractivity contribution is -0.139. The first-order valence-corrected chi connectivity index (χ1v) is 13.8. The van der Waals surface area contributed by atoms with Crippen LogP contribution in [0.5, 0.6) is 0 Å². The number of carboxylic acids is 1. The predicted octanol–water partition coefficient (Wildman–Crippen LogP) is 6.59. The predicted molar refractivity (Wildman–Crippen MR) is 156 cm³/mol. The SMILES string of the molecule is CCC[C@H](NC(=O)c1ccc(CO[C@@H](COCC)c2cnc(-c3ccccc3)o2)cc1-c1ccccc1C)C(=O)O. The zero-order valence-corrected chi connectivity index (χ0v) is 23.6. The van der Waals surface area contributed by atoms with Gasteiger partial charge in [-0.15, -0.1) is 0 Å². The molecule has 0 bridgehead atoms. The first-order valence-electron chi connectivity index (χ1n) is 13.8. The number of aliphatic carboxylic acids is 1. The molecule has 2 N–H and O–H groups in total. The van der Waals surface area contributed by atoms with Crippen LogP contribution in [0.2, 0.25) is 0 Å². The first-order chi connectivity index (χ1) is 19.9. The van der Waals surface area contributed by atoms with Gasteiger partial charge in [0.05, 0.1) is 19.4 Å². The molecule has 214 valence electrons. The summed E-state index contributed by atoms with van der Waals surface area (Å²) in [5.74, 6) is -0.416. The molecule has 41 heavy (non-hydrogen) atoms. The number of aromatic nitrogens is 1. The third-order valence-electron chi connectivity index (χ3n) is 6.73. The van der Waals surface area contributed by atoms with Crippen molar-refractivity contribution in [2.75, 3.05) is 13.2 Å². The molecule has 1 heterocycles. The maximum atomic E-state index is 13.3. The number of rotatable bonds is 14. The summed E-state index contributed by atoms with van der Waals surface area (Å²) in [6.07, 6.45) is 2.16. The van der Waals surface area contributed by atoms with Crippen LogP contribution in [-0.4, -0.2) is 41.2 Å². The van der Waals surface area contributed by atoms with Crippen LogP contribution in [0.1, 0.15) is 60.0 Å². The molecule has 0 saturated heterocycles. The van der Waals surface area contributed by atoms with E-state index in [2.05, 4.69) is 10.3 Å². The number of ether oxygens (including phenoxy) is 2. The molecule has 0 aliphatic carbocycles. The number of carbonyl (C=O) groups is 2. The highest BCUT2D eigenvalue weighted by Crippen LogP contribution is 2.30. The van der Waals surface area contributed by atoms with Gasteiger partial charge < -0.3 is 24.3 Å². The van der Waals surface area contributed by atoms with Crippen molar-refractivity contribution < 1.29 is 28.6 Å². The van der Waals surface area contributed by atoms with Crippen molar-refractivity contribution in [2.45, 2.75) is 52.4 Å². The van der Waals surface area contributed by atoms with Crippen LogP contribution >= 0.6 is 0 Å². The standard InChI is InChI=1S/C33H36N2O6/c1-4-11-28(33(37)38)35-31(36)26-17-16-23(18-27(26)25-15-10-9-12-22(25)3)20-40-30(21-39-5-2)29-19-34-32(41-29)24-13-7-6-8-14-24/h6-10,12-19,28,30H,4-5,11,20-21H2,1-3H3,(H,35,36)(H,37,38)/t28-,30-/m0/s1. The Labute approximate surface area is 240 Å². The molecule has 2 atom stereocenters. The zero-order chi connectivity index (χ0) is 29.2. The van der Waals surface area contributed by atoms with E-state index in [0.29, 0.717) is 48.8 Å². The largest absolute Gasteiger partial charge is 0.480 e. The van der Waals surface area contributed by atoms with E-state index in [-0.39, 0.29) is 6.61 Å². The Morgan fingerprint density at radius 3 is 2.46 bits per heavy atom. The second kappa shape index (κ2) is 14.4. The number of nitrogens with one attached hydrogen (secondary N) is 1. The second-order valence-electron chi connectivity index (χ2n) is 9.74. The number of hydrogen-bond donors (Lipinski definition) is 2. The lowest BCUT2D eigenvalue weighted by atomic mass is 9.93. The van der Waals surface area contributed by atoms with Gasteiger partial charge in [-0.05, 0) is 66.8 Å².